The summed E-state index contributed by atoms with van der Waals surface area (Å²) in [4.78, 5) is 13.7. The summed E-state index contributed by atoms with van der Waals surface area (Å²) in [5.74, 6) is -0.901. The Morgan fingerprint density at radius 3 is 2.64 bits per heavy atom. The largest absolute Gasteiger partial charge is 0.478 e. The lowest BCUT2D eigenvalue weighted by Gasteiger charge is -2.13. The van der Waals surface area contributed by atoms with Crippen molar-refractivity contribution in [1.29, 1.82) is 0 Å². The lowest BCUT2D eigenvalue weighted by Crippen LogP contribution is -2.21. The number of aromatic nitrogens is 1. The van der Waals surface area contributed by atoms with Crippen LogP contribution in [-0.4, -0.2) is 51.9 Å². The maximum Gasteiger partial charge on any atom is 0.335 e. The summed E-state index contributed by atoms with van der Waals surface area (Å²) in [5, 5.41) is 19.4. The van der Waals surface area contributed by atoms with Gasteiger partial charge in [-0.3, -0.25) is 0 Å². The maximum atomic E-state index is 11.2. The molecule has 0 unspecified atom stereocenters. The topological polar surface area (TPSA) is 65.7 Å². The Morgan fingerprint density at radius 2 is 1.95 bits per heavy atom. The number of hydrogen-bond acceptors (Lipinski definition) is 3. The summed E-state index contributed by atoms with van der Waals surface area (Å²) in [6.07, 6.45) is 5.52. The highest BCUT2D eigenvalue weighted by Gasteiger charge is 2.15. The molecule has 0 atom stereocenters. The molecule has 1 saturated heterocycles. The standard InChI is InChI=1S/C17H22N2O3/c20-10-9-19-12-14(5-8-18-6-1-2-7-18)15-11-13(17(21)22)3-4-16(15)19/h3-4,11-12,20H,1-2,5-10H2,(H,21,22). The number of nitrogens with zero attached hydrogens (tertiary/aromatic N) is 2. The van der Waals surface area contributed by atoms with Crippen LogP contribution >= 0.6 is 0 Å². The molecule has 2 N–H and O–H groups in total. The van der Waals surface area contributed by atoms with Crippen LogP contribution in [0.5, 0.6) is 0 Å². The predicted octanol–water partition coefficient (Wildman–Crippen LogP) is 1.97. The summed E-state index contributed by atoms with van der Waals surface area (Å²) < 4.78 is 2.01. The second-order valence-corrected chi connectivity index (χ2v) is 5.91. The molecular weight excluding hydrogens is 280 g/mol. The van der Waals surface area contributed by atoms with Gasteiger partial charge in [0.1, 0.15) is 0 Å². The number of benzene rings is 1. The molecule has 0 saturated carbocycles. The van der Waals surface area contributed by atoms with Crippen molar-refractivity contribution in [2.24, 2.45) is 0 Å². The Balaban J connectivity index is 1.91. The van der Waals surface area contributed by atoms with E-state index in [4.69, 9.17) is 0 Å². The van der Waals surface area contributed by atoms with Gasteiger partial charge in [-0.05, 0) is 56.1 Å². The van der Waals surface area contributed by atoms with Crippen LogP contribution in [0.1, 0.15) is 28.8 Å². The zero-order chi connectivity index (χ0) is 15.5. The minimum absolute atomic E-state index is 0.0794. The number of fused-ring (bicyclic) bond motifs is 1. The molecular formula is C17H22N2O3. The Bertz CT molecular complexity index is 672. The molecule has 5 heteroatoms. The van der Waals surface area contributed by atoms with E-state index >= 15 is 0 Å². The minimum atomic E-state index is -0.901. The number of carbonyl (C=O) groups is 1. The van der Waals surface area contributed by atoms with Gasteiger partial charge in [-0.15, -0.1) is 0 Å². The summed E-state index contributed by atoms with van der Waals surface area (Å²) in [5.41, 5.74) is 2.48. The van der Waals surface area contributed by atoms with Gasteiger partial charge < -0.3 is 19.7 Å². The molecule has 5 nitrogen and oxygen atoms in total. The number of carboxylic acids is 1. The fourth-order valence-electron chi connectivity index (χ4n) is 3.28. The van der Waals surface area contributed by atoms with Crippen molar-refractivity contribution in [2.45, 2.75) is 25.8 Å². The fourth-order valence-corrected chi connectivity index (χ4v) is 3.28. The van der Waals surface area contributed by atoms with Gasteiger partial charge in [-0.2, -0.15) is 0 Å². The molecule has 118 valence electrons. The van der Waals surface area contributed by atoms with Gasteiger partial charge in [-0.1, -0.05) is 0 Å². The average molecular weight is 302 g/mol. The van der Waals surface area contributed by atoms with Gasteiger partial charge in [0.15, 0.2) is 0 Å². The average Bonchev–Trinajstić information content (AvgIpc) is 3.13. The van der Waals surface area contributed by atoms with Gasteiger partial charge in [0.25, 0.3) is 0 Å². The van der Waals surface area contributed by atoms with E-state index in [1.165, 1.54) is 18.4 Å². The van der Waals surface area contributed by atoms with Gasteiger partial charge in [-0.25, -0.2) is 4.79 Å². The second kappa shape index (κ2) is 6.50. The van der Waals surface area contributed by atoms with Crippen LogP contribution in [-0.2, 0) is 13.0 Å². The van der Waals surface area contributed by atoms with Gasteiger partial charge in [0.2, 0.25) is 0 Å². The van der Waals surface area contributed by atoms with Crippen molar-refractivity contribution >= 4 is 16.9 Å². The summed E-state index contributed by atoms with van der Waals surface area (Å²) in [6, 6.07) is 5.22. The second-order valence-electron chi connectivity index (χ2n) is 5.91. The van der Waals surface area contributed by atoms with E-state index in [-0.39, 0.29) is 6.61 Å². The number of aliphatic hydroxyl groups excluding tert-OH is 1. The fraction of sp³-hybridized carbons (Fsp3) is 0.471. The molecule has 0 radical (unpaired) electrons. The van der Waals surface area contributed by atoms with Gasteiger partial charge in [0.05, 0.1) is 12.2 Å². The molecule has 2 aromatic rings. The molecule has 3 rings (SSSR count). The smallest absolute Gasteiger partial charge is 0.335 e. The molecule has 0 amide bonds. The van der Waals surface area contributed by atoms with Crippen molar-refractivity contribution in [2.75, 3.05) is 26.2 Å². The third-order valence-electron chi connectivity index (χ3n) is 4.45. The van der Waals surface area contributed by atoms with Crippen molar-refractivity contribution in [3.05, 3.63) is 35.5 Å². The lowest BCUT2D eigenvalue weighted by molar-refractivity contribution is 0.0697. The highest BCUT2D eigenvalue weighted by atomic mass is 16.4. The molecule has 2 heterocycles. The van der Waals surface area contributed by atoms with Crippen LogP contribution in [0.2, 0.25) is 0 Å². The summed E-state index contributed by atoms with van der Waals surface area (Å²) >= 11 is 0. The Labute approximate surface area is 129 Å². The van der Waals surface area contributed by atoms with E-state index in [1.54, 1.807) is 12.1 Å². The molecule has 1 fully saturated rings. The van der Waals surface area contributed by atoms with Crippen molar-refractivity contribution in [3.8, 4) is 0 Å². The summed E-state index contributed by atoms with van der Waals surface area (Å²) in [7, 11) is 0. The molecule has 0 bridgehead atoms. The maximum absolute atomic E-state index is 11.2. The first-order valence-electron chi connectivity index (χ1n) is 7.87. The van der Waals surface area contributed by atoms with Gasteiger partial charge >= 0.3 is 5.97 Å². The monoisotopic (exact) mass is 302 g/mol. The molecule has 22 heavy (non-hydrogen) atoms. The number of rotatable bonds is 6. The van der Waals surface area contributed by atoms with Crippen LogP contribution in [0, 0.1) is 0 Å². The minimum Gasteiger partial charge on any atom is -0.478 e. The first-order chi connectivity index (χ1) is 10.7. The summed E-state index contributed by atoms with van der Waals surface area (Å²) in [6.45, 7) is 3.95. The molecule has 0 aliphatic carbocycles. The van der Waals surface area contributed by atoms with Gasteiger partial charge in [0, 0.05) is 30.2 Å². The Morgan fingerprint density at radius 1 is 1.18 bits per heavy atom. The molecule has 1 aliphatic heterocycles. The van der Waals surface area contributed by atoms with Crippen LogP contribution in [0.3, 0.4) is 0 Å². The number of aromatic carboxylic acids is 1. The van der Waals surface area contributed by atoms with E-state index in [9.17, 15) is 15.0 Å². The van der Waals surface area contributed by atoms with Crippen molar-refractivity contribution in [1.82, 2.24) is 9.47 Å². The van der Waals surface area contributed by atoms with E-state index in [1.807, 2.05) is 10.6 Å². The zero-order valence-corrected chi connectivity index (χ0v) is 12.7. The first kappa shape index (κ1) is 15.1. The number of carboxylic acid groups (broad SMARTS) is 1. The molecule has 1 aromatic carbocycles. The first-order valence-corrected chi connectivity index (χ1v) is 7.87. The van der Waals surface area contributed by atoms with Crippen molar-refractivity contribution < 1.29 is 15.0 Å². The van der Waals surface area contributed by atoms with E-state index in [0.29, 0.717) is 12.1 Å². The third-order valence-corrected chi connectivity index (χ3v) is 4.45. The van der Waals surface area contributed by atoms with Crippen LogP contribution in [0.4, 0.5) is 0 Å². The van der Waals surface area contributed by atoms with Crippen LogP contribution < -0.4 is 0 Å². The normalized spacial score (nSPS) is 15.7. The number of likely N-dealkylation sites (tertiary alicyclic amines) is 1. The van der Waals surface area contributed by atoms with E-state index < -0.39 is 5.97 Å². The molecule has 1 aromatic heterocycles. The SMILES string of the molecule is O=C(O)c1ccc2c(c1)c(CCN1CCCC1)cn2CCO. The van der Waals surface area contributed by atoms with E-state index in [0.717, 1.165) is 37.0 Å². The highest BCUT2D eigenvalue weighted by molar-refractivity contribution is 5.95. The number of hydrogen-bond donors (Lipinski definition) is 2. The Hall–Kier alpha value is -1.85. The van der Waals surface area contributed by atoms with Crippen molar-refractivity contribution in [3.63, 3.8) is 0 Å². The quantitative estimate of drug-likeness (QED) is 0.856. The van der Waals surface area contributed by atoms with Crippen LogP contribution in [0.15, 0.2) is 24.4 Å². The molecule has 0 spiro atoms. The zero-order valence-electron chi connectivity index (χ0n) is 12.7. The van der Waals surface area contributed by atoms with E-state index in [2.05, 4.69) is 11.1 Å². The molecule has 1 aliphatic rings. The lowest BCUT2D eigenvalue weighted by atomic mass is 10.1. The predicted molar refractivity (Wildman–Crippen MR) is 85.4 cm³/mol. The Kier molecular flexibility index (Phi) is 4.45. The third kappa shape index (κ3) is 3.00. The highest BCUT2D eigenvalue weighted by Crippen LogP contribution is 2.24. The van der Waals surface area contributed by atoms with Crippen LogP contribution in [0.25, 0.3) is 10.9 Å². The number of aliphatic hydroxyl groups is 1.